The summed E-state index contributed by atoms with van der Waals surface area (Å²) in [4.78, 5) is 13.9. The van der Waals surface area contributed by atoms with Crippen LogP contribution in [-0.4, -0.2) is 32.0 Å². The third kappa shape index (κ3) is 4.15. The Labute approximate surface area is 144 Å². The van der Waals surface area contributed by atoms with Gasteiger partial charge in [0.25, 0.3) is 5.91 Å². The van der Waals surface area contributed by atoms with Crippen LogP contribution in [0, 0.1) is 13.8 Å². The summed E-state index contributed by atoms with van der Waals surface area (Å²) in [6, 6.07) is 13.9. The SMILES string of the molecule is COC(C(=O)N(C)C)c1ccccc1COc1cc(C)ccc1C. The Morgan fingerprint density at radius 3 is 2.50 bits per heavy atom. The molecule has 0 aromatic heterocycles. The number of carbonyl (C=O) groups excluding carboxylic acids is 1. The van der Waals surface area contributed by atoms with Crippen LogP contribution >= 0.6 is 0 Å². The third-order valence-electron chi connectivity index (χ3n) is 3.97. The van der Waals surface area contributed by atoms with E-state index in [2.05, 4.69) is 6.07 Å². The van der Waals surface area contributed by atoms with E-state index in [-0.39, 0.29) is 5.91 Å². The fourth-order valence-electron chi connectivity index (χ4n) is 2.54. The molecule has 0 saturated carbocycles. The van der Waals surface area contributed by atoms with Crippen molar-refractivity contribution in [1.82, 2.24) is 4.90 Å². The number of ether oxygens (including phenoxy) is 2. The quantitative estimate of drug-likeness (QED) is 0.813. The average Bonchev–Trinajstić information content (AvgIpc) is 2.57. The molecule has 2 rings (SSSR count). The van der Waals surface area contributed by atoms with E-state index in [1.807, 2.05) is 50.2 Å². The lowest BCUT2D eigenvalue weighted by Gasteiger charge is -2.22. The van der Waals surface area contributed by atoms with Crippen LogP contribution in [0.2, 0.25) is 0 Å². The number of amides is 1. The second-order valence-electron chi connectivity index (χ2n) is 6.10. The summed E-state index contributed by atoms with van der Waals surface area (Å²) in [6.07, 6.45) is -0.626. The normalized spacial score (nSPS) is 11.9. The van der Waals surface area contributed by atoms with Crippen molar-refractivity contribution in [3.05, 3.63) is 64.7 Å². The Hall–Kier alpha value is -2.33. The first-order valence-electron chi connectivity index (χ1n) is 7.96. The van der Waals surface area contributed by atoms with Crippen LogP contribution in [0.3, 0.4) is 0 Å². The highest BCUT2D eigenvalue weighted by Gasteiger charge is 2.24. The number of likely N-dealkylation sites (N-methyl/N-ethyl adjacent to an activating group) is 1. The zero-order valence-electron chi connectivity index (χ0n) is 15.0. The van der Waals surface area contributed by atoms with Gasteiger partial charge in [-0.3, -0.25) is 4.79 Å². The number of hydrogen-bond acceptors (Lipinski definition) is 3. The predicted molar refractivity (Wildman–Crippen MR) is 95.1 cm³/mol. The van der Waals surface area contributed by atoms with Crippen molar-refractivity contribution in [1.29, 1.82) is 0 Å². The van der Waals surface area contributed by atoms with Gasteiger partial charge in [0, 0.05) is 21.2 Å². The number of methoxy groups -OCH3 is 1. The van der Waals surface area contributed by atoms with Crippen LogP contribution in [0.1, 0.15) is 28.4 Å². The summed E-state index contributed by atoms with van der Waals surface area (Å²) in [6.45, 7) is 4.45. The first kappa shape index (κ1) is 18.0. The largest absolute Gasteiger partial charge is 0.489 e. The maximum Gasteiger partial charge on any atom is 0.255 e. The van der Waals surface area contributed by atoms with Crippen LogP contribution < -0.4 is 4.74 Å². The first-order chi connectivity index (χ1) is 11.4. The van der Waals surface area contributed by atoms with Crippen LogP contribution in [0.25, 0.3) is 0 Å². The van der Waals surface area contributed by atoms with Crippen LogP contribution in [0.4, 0.5) is 0 Å². The van der Waals surface area contributed by atoms with E-state index in [9.17, 15) is 4.79 Å². The highest BCUT2D eigenvalue weighted by molar-refractivity contribution is 5.82. The first-order valence-corrected chi connectivity index (χ1v) is 7.96. The van der Waals surface area contributed by atoms with Crippen molar-refractivity contribution in [2.75, 3.05) is 21.2 Å². The molecule has 0 aliphatic heterocycles. The van der Waals surface area contributed by atoms with Gasteiger partial charge in [-0.05, 0) is 42.2 Å². The number of rotatable bonds is 6. The van der Waals surface area contributed by atoms with Crippen molar-refractivity contribution in [3.8, 4) is 5.75 Å². The fourth-order valence-corrected chi connectivity index (χ4v) is 2.54. The van der Waals surface area contributed by atoms with Crippen molar-refractivity contribution in [2.24, 2.45) is 0 Å². The molecule has 0 aliphatic carbocycles. The smallest absolute Gasteiger partial charge is 0.255 e. The number of aryl methyl sites for hydroxylation is 2. The van der Waals surface area contributed by atoms with Gasteiger partial charge < -0.3 is 14.4 Å². The maximum atomic E-state index is 12.4. The van der Waals surface area contributed by atoms with Gasteiger partial charge in [0.15, 0.2) is 6.10 Å². The van der Waals surface area contributed by atoms with Crippen molar-refractivity contribution in [2.45, 2.75) is 26.6 Å². The molecule has 2 aromatic rings. The predicted octanol–water partition coefficient (Wildman–Crippen LogP) is 3.66. The van der Waals surface area contributed by atoms with Crippen molar-refractivity contribution in [3.63, 3.8) is 0 Å². The fraction of sp³-hybridized carbons (Fsp3) is 0.350. The van der Waals surface area contributed by atoms with E-state index < -0.39 is 6.10 Å². The highest BCUT2D eigenvalue weighted by atomic mass is 16.5. The number of benzene rings is 2. The van der Waals surface area contributed by atoms with Gasteiger partial charge in [-0.15, -0.1) is 0 Å². The molecular weight excluding hydrogens is 302 g/mol. The van der Waals surface area contributed by atoms with Gasteiger partial charge in [0.2, 0.25) is 0 Å². The summed E-state index contributed by atoms with van der Waals surface area (Å²) in [5.41, 5.74) is 4.02. The molecule has 2 aromatic carbocycles. The van der Waals surface area contributed by atoms with E-state index in [1.54, 1.807) is 21.2 Å². The van der Waals surface area contributed by atoms with E-state index in [4.69, 9.17) is 9.47 Å². The van der Waals surface area contributed by atoms with Crippen LogP contribution in [0.15, 0.2) is 42.5 Å². The molecule has 1 amide bonds. The topological polar surface area (TPSA) is 38.8 Å². The summed E-state index contributed by atoms with van der Waals surface area (Å²) in [5, 5.41) is 0. The van der Waals surface area contributed by atoms with Gasteiger partial charge in [-0.25, -0.2) is 0 Å². The molecule has 0 bridgehead atoms. The van der Waals surface area contributed by atoms with Gasteiger partial charge in [0.05, 0.1) is 0 Å². The molecular formula is C20H25NO3. The molecule has 0 spiro atoms. The van der Waals surface area contributed by atoms with Gasteiger partial charge in [0.1, 0.15) is 12.4 Å². The molecule has 24 heavy (non-hydrogen) atoms. The van der Waals surface area contributed by atoms with Gasteiger partial charge in [-0.2, -0.15) is 0 Å². The second kappa shape index (κ2) is 7.97. The van der Waals surface area contributed by atoms with Gasteiger partial charge >= 0.3 is 0 Å². The molecule has 0 fully saturated rings. The second-order valence-corrected chi connectivity index (χ2v) is 6.10. The number of hydrogen-bond donors (Lipinski definition) is 0. The molecule has 1 unspecified atom stereocenters. The Kier molecular flexibility index (Phi) is 5.99. The molecule has 4 nitrogen and oxygen atoms in total. The average molecular weight is 327 g/mol. The molecule has 4 heteroatoms. The maximum absolute atomic E-state index is 12.4. The molecule has 128 valence electrons. The molecule has 0 radical (unpaired) electrons. The van der Waals surface area contributed by atoms with E-state index in [1.165, 1.54) is 4.90 Å². The van der Waals surface area contributed by atoms with E-state index >= 15 is 0 Å². The zero-order chi connectivity index (χ0) is 17.7. The Morgan fingerprint density at radius 1 is 1.12 bits per heavy atom. The molecule has 0 heterocycles. The summed E-state index contributed by atoms with van der Waals surface area (Å²) in [7, 11) is 5.00. The standard InChI is InChI=1S/C20H25NO3/c1-14-10-11-15(2)18(12-14)24-13-16-8-6-7-9-17(16)19(23-5)20(22)21(3)4/h6-12,19H,13H2,1-5H3. The molecule has 0 N–H and O–H groups in total. The Morgan fingerprint density at radius 2 is 1.83 bits per heavy atom. The molecule has 0 aliphatic rings. The van der Waals surface area contributed by atoms with Crippen LogP contribution in [0.5, 0.6) is 5.75 Å². The summed E-state index contributed by atoms with van der Waals surface area (Å²) in [5.74, 6) is 0.773. The lowest BCUT2D eigenvalue weighted by Crippen LogP contribution is -2.30. The van der Waals surface area contributed by atoms with E-state index in [0.29, 0.717) is 6.61 Å². The van der Waals surface area contributed by atoms with E-state index in [0.717, 1.165) is 28.0 Å². The minimum atomic E-state index is -0.626. The molecule has 1 atom stereocenters. The van der Waals surface area contributed by atoms with Crippen molar-refractivity contribution >= 4 is 5.91 Å². The minimum absolute atomic E-state index is 0.0864. The lowest BCUT2D eigenvalue weighted by atomic mass is 10.0. The van der Waals surface area contributed by atoms with Crippen molar-refractivity contribution < 1.29 is 14.3 Å². The number of nitrogens with zero attached hydrogens (tertiary/aromatic N) is 1. The Balaban J connectivity index is 2.25. The van der Waals surface area contributed by atoms with Crippen LogP contribution in [-0.2, 0) is 16.1 Å². The van der Waals surface area contributed by atoms with Gasteiger partial charge in [-0.1, -0.05) is 36.4 Å². The minimum Gasteiger partial charge on any atom is -0.489 e. The molecule has 0 saturated heterocycles. The third-order valence-corrected chi connectivity index (χ3v) is 3.97. The Bertz CT molecular complexity index is 710. The zero-order valence-corrected chi connectivity index (χ0v) is 15.0. The highest BCUT2D eigenvalue weighted by Crippen LogP contribution is 2.25. The number of carbonyl (C=O) groups is 1. The summed E-state index contributed by atoms with van der Waals surface area (Å²) < 4.78 is 11.4. The monoisotopic (exact) mass is 327 g/mol. The summed E-state index contributed by atoms with van der Waals surface area (Å²) >= 11 is 0. The lowest BCUT2D eigenvalue weighted by molar-refractivity contribution is -0.139.